The molecule has 34 heavy (non-hydrogen) atoms. The summed E-state index contributed by atoms with van der Waals surface area (Å²) in [5.41, 5.74) is 5.16. The van der Waals surface area contributed by atoms with Crippen molar-refractivity contribution in [3.63, 3.8) is 0 Å². The SMILES string of the molecule is CC(C)C[C@H](N)C(=O)[O-].CCCCCCCC[N+](CCCC)(CCCC)CCCCCCCC. The smallest absolute Gasteiger partial charge is 0.0786 e. The molecule has 4 heteroatoms. The monoisotopic (exact) mass is 484 g/mol. The second kappa shape index (κ2) is 25.5. The number of carboxylic acid groups (broad SMARTS) is 1. The summed E-state index contributed by atoms with van der Waals surface area (Å²) in [5.74, 6) is -0.846. The van der Waals surface area contributed by atoms with Crippen molar-refractivity contribution in [2.75, 3.05) is 26.2 Å². The zero-order valence-electron chi connectivity index (χ0n) is 24.3. The minimum absolute atomic E-state index is 0.317. The van der Waals surface area contributed by atoms with Crippen LogP contribution >= 0.6 is 0 Å². The Balaban J connectivity index is 0. The normalized spacial score (nSPS) is 12.5. The fourth-order valence-electron chi connectivity index (χ4n) is 4.72. The molecule has 0 aromatic carbocycles. The maximum absolute atomic E-state index is 10.00. The van der Waals surface area contributed by atoms with Crippen LogP contribution < -0.4 is 10.8 Å². The van der Waals surface area contributed by atoms with Crippen LogP contribution in [0, 0.1) is 5.92 Å². The molecule has 0 aliphatic heterocycles. The highest BCUT2D eigenvalue weighted by Gasteiger charge is 2.25. The van der Waals surface area contributed by atoms with Gasteiger partial charge in [-0.2, -0.15) is 0 Å². The Kier molecular flexibility index (Phi) is 26.6. The number of carbonyl (C=O) groups excluding carboxylic acids is 1. The van der Waals surface area contributed by atoms with E-state index < -0.39 is 12.0 Å². The van der Waals surface area contributed by atoms with E-state index in [1.54, 1.807) is 0 Å². The first-order chi connectivity index (χ1) is 16.3. The van der Waals surface area contributed by atoms with E-state index in [-0.39, 0.29) is 0 Å². The summed E-state index contributed by atoms with van der Waals surface area (Å²) in [5, 5.41) is 10.00. The molecule has 2 N–H and O–H groups in total. The topological polar surface area (TPSA) is 66.2 Å². The van der Waals surface area contributed by atoms with Crippen LogP contribution in [0.4, 0.5) is 0 Å². The molecular weight excluding hydrogens is 420 g/mol. The van der Waals surface area contributed by atoms with E-state index in [0.717, 1.165) is 0 Å². The molecule has 0 bridgehead atoms. The van der Waals surface area contributed by atoms with E-state index in [4.69, 9.17) is 5.73 Å². The van der Waals surface area contributed by atoms with Crippen LogP contribution in [0.5, 0.6) is 0 Å². The molecule has 4 nitrogen and oxygen atoms in total. The van der Waals surface area contributed by atoms with Crippen molar-refractivity contribution in [3.8, 4) is 0 Å². The van der Waals surface area contributed by atoms with Crippen LogP contribution in [0.25, 0.3) is 0 Å². The molecular formula is C30H64N2O2. The number of nitrogens with zero attached hydrogens (tertiary/aromatic N) is 1. The molecule has 0 spiro atoms. The van der Waals surface area contributed by atoms with Crippen molar-refractivity contribution in [3.05, 3.63) is 0 Å². The quantitative estimate of drug-likeness (QED) is 0.123. The molecule has 0 unspecified atom stereocenters. The minimum atomic E-state index is -1.16. The van der Waals surface area contributed by atoms with Gasteiger partial charge in [0.2, 0.25) is 0 Å². The lowest BCUT2D eigenvalue weighted by Crippen LogP contribution is -2.50. The standard InChI is InChI=1S/C24H52N.C6H13NO2/c1-5-9-13-15-17-19-23-25(21-11-7-3,22-12-8-4)24-20-18-16-14-10-6-2;1-4(2)3-5(7)6(8)9/h5-24H2,1-4H3;4-5H,3,7H2,1-2H3,(H,8,9)/q+1;/p-1/t;5-/m.0/s1. The Hall–Kier alpha value is -0.610. The minimum Gasteiger partial charge on any atom is -0.548 e. The third-order valence-electron chi connectivity index (χ3n) is 6.97. The van der Waals surface area contributed by atoms with E-state index in [1.165, 1.54) is 133 Å². The first-order valence-corrected chi connectivity index (χ1v) is 15.1. The van der Waals surface area contributed by atoms with Crippen molar-refractivity contribution >= 4 is 5.97 Å². The van der Waals surface area contributed by atoms with Gasteiger partial charge in [0.05, 0.1) is 32.1 Å². The highest BCUT2D eigenvalue weighted by Crippen LogP contribution is 2.19. The molecule has 0 rings (SSSR count). The Morgan fingerprint density at radius 3 is 1.24 bits per heavy atom. The van der Waals surface area contributed by atoms with Gasteiger partial charge in [-0.25, -0.2) is 0 Å². The highest BCUT2D eigenvalue weighted by molar-refractivity contribution is 5.70. The van der Waals surface area contributed by atoms with E-state index >= 15 is 0 Å². The van der Waals surface area contributed by atoms with Crippen LogP contribution in [-0.2, 0) is 4.79 Å². The van der Waals surface area contributed by atoms with Crippen LogP contribution in [0.1, 0.15) is 151 Å². The lowest BCUT2D eigenvalue weighted by molar-refractivity contribution is -0.929. The number of aliphatic carboxylic acids is 1. The summed E-state index contributed by atoms with van der Waals surface area (Å²) in [6.45, 7) is 19.0. The van der Waals surface area contributed by atoms with Crippen molar-refractivity contribution in [1.82, 2.24) is 0 Å². The van der Waals surface area contributed by atoms with E-state index in [0.29, 0.717) is 12.3 Å². The molecule has 0 aliphatic rings. The van der Waals surface area contributed by atoms with Crippen molar-refractivity contribution in [1.29, 1.82) is 0 Å². The van der Waals surface area contributed by atoms with Crippen LogP contribution in [0.2, 0.25) is 0 Å². The van der Waals surface area contributed by atoms with Gasteiger partial charge in [-0.1, -0.05) is 106 Å². The van der Waals surface area contributed by atoms with Crippen molar-refractivity contribution in [2.24, 2.45) is 11.7 Å². The number of carboxylic acids is 1. The lowest BCUT2D eigenvalue weighted by Gasteiger charge is -2.39. The Morgan fingerprint density at radius 2 is 0.941 bits per heavy atom. The van der Waals surface area contributed by atoms with Gasteiger partial charge in [-0.15, -0.1) is 0 Å². The lowest BCUT2D eigenvalue weighted by atomic mass is 10.1. The van der Waals surface area contributed by atoms with Gasteiger partial charge in [0.15, 0.2) is 0 Å². The third kappa shape index (κ3) is 23.1. The largest absolute Gasteiger partial charge is 0.548 e. The average molecular weight is 485 g/mol. The highest BCUT2D eigenvalue weighted by atomic mass is 16.4. The van der Waals surface area contributed by atoms with Gasteiger partial charge in [0.1, 0.15) is 0 Å². The number of nitrogens with two attached hydrogens (primary N) is 1. The van der Waals surface area contributed by atoms with E-state index in [9.17, 15) is 9.90 Å². The predicted molar refractivity (Wildman–Crippen MR) is 149 cm³/mol. The molecule has 0 amide bonds. The molecule has 0 aliphatic carbocycles. The number of quaternary nitrogens is 1. The Morgan fingerprint density at radius 1 is 0.618 bits per heavy atom. The third-order valence-corrected chi connectivity index (χ3v) is 6.97. The van der Waals surface area contributed by atoms with Gasteiger partial charge < -0.3 is 20.1 Å². The summed E-state index contributed by atoms with van der Waals surface area (Å²) >= 11 is 0. The van der Waals surface area contributed by atoms with Crippen molar-refractivity contribution < 1.29 is 14.4 Å². The zero-order chi connectivity index (χ0) is 26.1. The Labute approximate surface area is 215 Å². The molecule has 0 fully saturated rings. The molecule has 0 aromatic rings. The predicted octanol–water partition coefficient (Wildman–Crippen LogP) is 7.23. The van der Waals surface area contributed by atoms with Gasteiger partial charge in [0, 0.05) is 6.04 Å². The molecule has 0 aromatic heterocycles. The molecule has 0 saturated heterocycles. The first-order valence-electron chi connectivity index (χ1n) is 15.1. The summed E-state index contributed by atoms with van der Waals surface area (Å²) in [6, 6.07) is -0.801. The molecule has 206 valence electrons. The average Bonchev–Trinajstić information content (AvgIpc) is 2.80. The zero-order valence-corrected chi connectivity index (χ0v) is 24.3. The van der Waals surface area contributed by atoms with Gasteiger partial charge in [-0.3, -0.25) is 0 Å². The summed E-state index contributed by atoms with van der Waals surface area (Å²) in [4.78, 5) is 10.00. The number of rotatable bonds is 23. The van der Waals surface area contributed by atoms with Crippen LogP contribution in [0.3, 0.4) is 0 Å². The molecule has 1 atom stereocenters. The van der Waals surface area contributed by atoms with E-state index in [2.05, 4.69) is 27.7 Å². The van der Waals surface area contributed by atoms with Gasteiger partial charge in [0.25, 0.3) is 0 Å². The van der Waals surface area contributed by atoms with Gasteiger partial charge in [-0.05, 0) is 50.9 Å². The maximum Gasteiger partial charge on any atom is 0.0786 e. The number of hydrogen-bond acceptors (Lipinski definition) is 3. The maximum atomic E-state index is 10.00. The fraction of sp³-hybridized carbons (Fsp3) is 0.967. The summed E-state index contributed by atoms with van der Waals surface area (Å²) < 4.78 is 1.45. The molecule has 0 radical (unpaired) electrons. The molecule has 0 heterocycles. The van der Waals surface area contributed by atoms with Crippen molar-refractivity contribution in [2.45, 2.75) is 157 Å². The number of carbonyl (C=O) groups is 1. The summed E-state index contributed by atoms with van der Waals surface area (Å²) in [6.07, 6.45) is 23.4. The van der Waals surface area contributed by atoms with Gasteiger partial charge >= 0.3 is 0 Å². The number of unbranched alkanes of at least 4 members (excludes halogenated alkanes) is 12. The fourth-order valence-corrected chi connectivity index (χ4v) is 4.72. The van der Waals surface area contributed by atoms with Crippen LogP contribution in [-0.4, -0.2) is 42.7 Å². The second-order valence-corrected chi connectivity index (χ2v) is 11.0. The number of hydrogen-bond donors (Lipinski definition) is 1. The van der Waals surface area contributed by atoms with E-state index in [1.807, 2.05) is 13.8 Å². The Bertz CT molecular complexity index is 400. The molecule has 0 saturated carbocycles. The first kappa shape index (κ1) is 35.6. The van der Waals surface area contributed by atoms with Crippen LogP contribution in [0.15, 0.2) is 0 Å². The summed E-state index contributed by atoms with van der Waals surface area (Å²) in [7, 11) is 0. The second-order valence-electron chi connectivity index (χ2n) is 11.0.